The number of halogens is 7. The zero-order valence-corrected chi connectivity index (χ0v) is 17.8. The fraction of sp³-hybridized carbons (Fsp3) is 0.250. The van der Waals surface area contributed by atoms with Crippen LogP contribution in [0.1, 0.15) is 16.7 Å². The fourth-order valence-corrected chi connectivity index (χ4v) is 3.19. The second kappa shape index (κ2) is 9.92. The van der Waals surface area contributed by atoms with E-state index in [1.807, 2.05) is 13.0 Å². The molecule has 0 fully saturated rings. The van der Waals surface area contributed by atoms with E-state index in [2.05, 4.69) is 0 Å². The van der Waals surface area contributed by atoms with E-state index < -0.39 is 42.9 Å². The van der Waals surface area contributed by atoms with Gasteiger partial charge in [0.15, 0.2) is 6.10 Å². The third-order valence-electron chi connectivity index (χ3n) is 4.92. The number of anilines is 1. The predicted octanol–water partition coefficient (Wildman–Crippen LogP) is 6.88. The lowest BCUT2D eigenvalue weighted by atomic mass is 10.1. The Labute approximate surface area is 191 Å². The molecule has 0 saturated heterocycles. The van der Waals surface area contributed by atoms with Crippen molar-refractivity contribution in [3.05, 3.63) is 89.2 Å². The summed E-state index contributed by atoms with van der Waals surface area (Å²) in [4.78, 5) is 1.02. The Morgan fingerprint density at radius 2 is 1.53 bits per heavy atom. The van der Waals surface area contributed by atoms with Crippen LogP contribution in [0.2, 0.25) is 0 Å². The lowest BCUT2D eigenvalue weighted by Gasteiger charge is -2.29. The molecule has 34 heavy (non-hydrogen) atoms. The van der Waals surface area contributed by atoms with Crippen molar-refractivity contribution in [1.29, 1.82) is 0 Å². The summed E-state index contributed by atoms with van der Waals surface area (Å²) >= 11 is 0. The number of aliphatic hydroxyl groups is 1. The summed E-state index contributed by atoms with van der Waals surface area (Å²) in [5.41, 5.74) is -0.425. The molecule has 0 aliphatic rings. The van der Waals surface area contributed by atoms with Crippen molar-refractivity contribution >= 4 is 5.69 Å². The maximum absolute atomic E-state index is 14.4. The van der Waals surface area contributed by atoms with Crippen LogP contribution < -0.4 is 9.64 Å². The van der Waals surface area contributed by atoms with E-state index in [4.69, 9.17) is 4.74 Å². The Kier molecular flexibility index (Phi) is 7.40. The third-order valence-corrected chi connectivity index (χ3v) is 4.92. The molecule has 0 bridgehead atoms. The molecule has 3 aromatic rings. The summed E-state index contributed by atoms with van der Waals surface area (Å²) < 4.78 is 97.7. The van der Waals surface area contributed by atoms with Crippen LogP contribution in [-0.2, 0) is 12.7 Å². The van der Waals surface area contributed by atoms with E-state index in [-0.39, 0.29) is 23.1 Å². The summed E-state index contributed by atoms with van der Waals surface area (Å²) in [7, 11) is 0. The Balaban J connectivity index is 1.92. The van der Waals surface area contributed by atoms with Gasteiger partial charge in [-0.15, -0.1) is 0 Å². The third kappa shape index (κ3) is 6.63. The number of ether oxygens (including phenoxy) is 1. The van der Waals surface area contributed by atoms with Crippen LogP contribution in [0.3, 0.4) is 0 Å². The molecule has 0 unspecified atom stereocenters. The minimum absolute atomic E-state index is 0.146. The zero-order chi connectivity index (χ0) is 25.1. The minimum atomic E-state index is -4.95. The minimum Gasteiger partial charge on any atom is -0.457 e. The van der Waals surface area contributed by atoms with Crippen molar-refractivity contribution < 1.29 is 40.6 Å². The molecule has 182 valence electrons. The van der Waals surface area contributed by atoms with E-state index in [1.165, 1.54) is 18.2 Å². The molecule has 1 N–H and O–H groups in total. The van der Waals surface area contributed by atoms with Gasteiger partial charge in [0.1, 0.15) is 17.3 Å². The monoisotopic (exact) mass is 487 g/mol. The van der Waals surface area contributed by atoms with Crippen LogP contribution in [0.25, 0.3) is 0 Å². The fourth-order valence-electron chi connectivity index (χ4n) is 3.19. The molecule has 0 aromatic heterocycles. The molecule has 0 spiro atoms. The molecular formula is C24H20F7NO2. The second-order valence-corrected chi connectivity index (χ2v) is 7.66. The van der Waals surface area contributed by atoms with Crippen molar-refractivity contribution in [3.8, 4) is 11.5 Å². The number of benzene rings is 3. The Morgan fingerprint density at radius 3 is 2.12 bits per heavy atom. The van der Waals surface area contributed by atoms with Gasteiger partial charge in [0.05, 0.1) is 12.1 Å². The molecular weight excluding hydrogens is 467 g/mol. The van der Waals surface area contributed by atoms with Crippen LogP contribution >= 0.6 is 0 Å². The van der Waals surface area contributed by atoms with E-state index in [9.17, 15) is 35.8 Å². The van der Waals surface area contributed by atoms with Crippen molar-refractivity contribution in [3.63, 3.8) is 0 Å². The first-order valence-electron chi connectivity index (χ1n) is 10.0. The molecule has 3 nitrogen and oxygen atoms in total. The van der Waals surface area contributed by atoms with Gasteiger partial charge in [0, 0.05) is 23.9 Å². The highest BCUT2D eigenvalue weighted by molar-refractivity contribution is 5.52. The lowest BCUT2D eigenvalue weighted by Crippen LogP contribution is -2.41. The largest absolute Gasteiger partial charge is 0.457 e. The van der Waals surface area contributed by atoms with Gasteiger partial charge in [0.2, 0.25) is 0 Å². The second-order valence-electron chi connectivity index (χ2n) is 7.66. The van der Waals surface area contributed by atoms with E-state index >= 15 is 0 Å². The molecule has 0 radical (unpaired) electrons. The first-order valence-corrected chi connectivity index (χ1v) is 10.0. The molecule has 0 heterocycles. The maximum atomic E-state index is 14.4. The highest BCUT2D eigenvalue weighted by atomic mass is 19.4. The van der Waals surface area contributed by atoms with Crippen LogP contribution in [0, 0.1) is 12.7 Å². The van der Waals surface area contributed by atoms with Gasteiger partial charge in [-0.25, -0.2) is 4.39 Å². The smallest absolute Gasteiger partial charge is 0.416 e. The lowest BCUT2D eigenvalue weighted by molar-refractivity contribution is -0.200. The Hall–Kier alpha value is -3.27. The molecule has 0 aliphatic carbocycles. The maximum Gasteiger partial charge on any atom is 0.416 e. The summed E-state index contributed by atoms with van der Waals surface area (Å²) in [6, 6.07) is 14.7. The quantitative estimate of drug-likeness (QED) is 0.369. The molecule has 3 rings (SSSR count). The summed E-state index contributed by atoms with van der Waals surface area (Å²) in [6.07, 6.45) is -12.5. The predicted molar refractivity (Wildman–Crippen MR) is 112 cm³/mol. The Bertz CT molecular complexity index is 1130. The first kappa shape index (κ1) is 25.4. The van der Waals surface area contributed by atoms with Gasteiger partial charge in [-0.05, 0) is 48.9 Å². The number of hydrogen-bond acceptors (Lipinski definition) is 3. The average molecular weight is 487 g/mol. The van der Waals surface area contributed by atoms with E-state index in [0.29, 0.717) is 11.8 Å². The van der Waals surface area contributed by atoms with Crippen LogP contribution in [0.4, 0.5) is 36.4 Å². The average Bonchev–Trinajstić information content (AvgIpc) is 2.73. The van der Waals surface area contributed by atoms with Crippen molar-refractivity contribution in [2.45, 2.75) is 31.9 Å². The summed E-state index contributed by atoms with van der Waals surface area (Å²) in [5, 5.41) is 9.61. The topological polar surface area (TPSA) is 32.7 Å². The number of aliphatic hydroxyl groups excluding tert-OH is 1. The van der Waals surface area contributed by atoms with Gasteiger partial charge in [-0.3, -0.25) is 0 Å². The summed E-state index contributed by atoms with van der Waals surface area (Å²) in [5.74, 6) is -0.483. The van der Waals surface area contributed by atoms with Crippen LogP contribution in [0.15, 0.2) is 66.7 Å². The summed E-state index contributed by atoms with van der Waals surface area (Å²) in [6.45, 7) is 0.352. The number of alkyl halides is 6. The number of hydrogen-bond donors (Lipinski definition) is 1. The molecule has 0 amide bonds. The van der Waals surface area contributed by atoms with Gasteiger partial charge in [0.25, 0.3) is 0 Å². The number of aryl methyl sites for hydroxylation is 1. The highest BCUT2D eigenvalue weighted by Crippen LogP contribution is 2.32. The molecule has 1 atom stereocenters. The normalized spacial score (nSPS) is 13.0. The van der Waals surface area contributed by atoms with Gasteiger partial charge < -0.3 is 14.7 Å². The SMILES string of the molecule is Cc1cccc(Oc2cccc(N(Cc3ccc(C(F)(F)F)cc3F)C[C@@H](O)C(F)(F)F)c2)c1. The number of nitrogens with zero attached hydrogens (tertiary/aromatic N) is 1. The van der Waals surface area contributed by atoms with Crippen molar-refractivity contribution in [2.75, 3.05) is 11.4 Å². The van der Waals surface area contributed by atoms with Gasteiger partial charge >= 0.3 is 12.4 Å². The molecule has 10 heteroatoms. The van der Waals surface area contributed by atoms with E-state index in [1.54, 1.807) is 24.3 Å². The first-order chi connectivity index (χ1) is 15.8. The van der Waals surface area contributed by atoms with Gasteiger partial charge in [-0.2, -0.15) is 26.3 Å². The zero-order valence-electron chi connectivity index (χ0n) is 17.8. The Morgan fingerprint density at radius 1 is 0.882 bits per heavy atom. The molecule has 0 saturated carbocycles. The molecule has 0 aliphatic heterocycles. The molecule has 3 aromatic carbocycles. The standard InChI is InChI=1S/C24H20F7NO2/c1-15-4-2-6-19(10-15)34-20-7-3-5-18(12-20)32(14-22(33)24(29,30)31)13-16-8-9-17(11-21(16)25)23(26,27)28/h2-12,22,33H,13-14H2,1H3/t22-/m1/s1. The van der Waals surface area contributed by atoms with Crippen LogP contribution in [-0.4, -0.2) is 23.9 Å². The van der Waals surface area contributed by atoms with Gasteiger partial charge in [-0.1, -0.05) is 24.3 Å². The number of rotatable bonds is 7. The van der Waals surface area contributed by atoms with Crippen molar-refractivity contribution in [1.82, 2.24) is 0 Å². The van der Waals surface area contributed by atoms with Crippen LogP contribution in [0.5, 0.6) is 11.5 Å². The van der Waals surface area contributed by atoms with E-state index in [0.717, 1.165) is 16.5 Å². The highest BCUT2D eigenvalue weighted by Gasteiger charge is 2.39. The van der Waals surface area contributed by atoms with Crippen molar-refractivity contribution in [2.24, 2.45) is 0 Å².